The second-order valence-electron chi connectivity index (χ2n) is 4.94. The number of ether oxygens (including phenoxy) is 1. The Kier molecular flexibility index (Phi) is 4.52. The molecular formula is C15H14N4O4S. The van der Waals surface area contributed by atoms with E-state index in [1.165, 1.54) is 22.7 Å². The largest absolute Gasteiger partial charge is 0.476 e. The van der Waals surface area contributed by atoms with Crippen LogP contribution in [-0.4, -0.2) is 20.1 Å². The van der Waals surface area contributed by atoms with Gasteiger partial charge in [-0.3, -0.25) is 0 Å². The van der Waals surface area contributed by atoms with Crippen LogP contribution in [0.25, 0.3) is 10.8 Å². The fraction of sp³-hybridized carbons (Fsp3) is 0.267. The standard InChI is InChI=1S/C15H14N4O4S/c1-3-11-9(2)7-12(24-11)15-18-17-13(23-15)8-22-10-5-4-6-16-14(10)19(20)21/h4-7H,3,8H2,1-2H3. The monoisotopic (exact) mass is 346 g/mol. The number of aryl methyl sites for hydroxylation is 2. The molecule has 0 fully saturated rings. The average Bonchev–Trinajstić information content (AvgIpc) is 3.19. The fourth-order valence-electron chi connectivity index (χ4n) is 2.16. The molecule has 3 heterocycles. The average molecular weight is 346 g/mol. The summed E-state index contributed by atoms with van der Waals surface area (Å²) in [6.45, 7) is 4.07. The zero-order valence-corrected chi connectivity index (χ0v) is 13.9. The van der Waals surface area contributed by atoms with Gasteiger partial charge in [0.15, 0.2) is 6.61 Å². The minimum atomic E-state index is -0.602. The van der Waals surface area contributed by atoms with Crippen molar-refractivity contribution in [3.05, 3.63) is 50.8 Å². The molecule has 24 heavy (non-hydrogen) atoms. The molecule has 0 bridgehead atoms. The second-order valence-corrected chi connectivity index (χ2v) is 6.08. The van der Waals surface area contributed by atoms with E-state index in [1.807, 2.05) is 13.0 Å². The summed E-state index contributed by atoms with van der Waals surface area (Å²) in [7, 11) is 0. The first-order valence-electron chi connectivity index (χ1n) is 7.22. The lowest BCUT2D eigenvalue weighted by Crippen LogP contribution is -2.00. The summed E-state index contributed by atoms with van der Waals surface area (Å²) in [4.78, 5) is 16.1. The van der Waals surface area contributed by atoms with E-state index in [4.69, 9.17) is 9.15 Å². The van der Waals surface area contributed by atoms with E-state index >= 15 is 0 Å². The quantitative estimate of drug-likeness (QED) is 0.496. The van der Waals surface area contributed by atoms with Crippen molar-refractivity contribution >= 4 is 17.2 Å². The summed E-state index contributed by atoms with van der Waals surface area (Å²) in [5, 5.41) is 18.8. The van der Waals surface area contributed by atoms with Gasteiger partial charge < -0.3 is 19.3 Å². The van der Waals surface area contributed by atoms with Gasteiger partial charge in [0.05, 0.1) is 4.88 Å². The number of hydrogen-bond donors (Lipinski definition) is 0. The van der Waals surface area contributed by atoms with E-state index in [0.717, 1.165) is 11.3 Å². The Morgan fingerprint density at radius 1 is 1.42 bits per heavy atom. The highest BCUT2D eigenvalue weighted by Crippen LogP contribution is 2.31. The first-order chi connectivity index (χ1) is 11.6. The van der Waals surface area contributed by atoms with Gasteiger partial charge in [-0.05, 0) is 47.0 Å². The molecule has 124 valence electrons. The first kappa shape index (κ1) is 16.1. The third-order valence-corrected chi connectivity index (χ3v) is 4.66. The number of nitrogens with zero attached hydrogens (tertiary/aromatic N) is 4. The highest BCUT2D eigenvalue weighted by atomic mass is 32.1. The van der Waals surface area contributed by atoms with Crippen LogP contribution in [0.5, 0.6) is 5.75 Å². The molecule has 0 saturated heterocycles. The zero-order chi connectivity index (χ0) is 17.1. The molecule has 0 aliphatic heterocycles. The summed E-state index contributed by atoms with van der Waals surface area (Å²) >= 11 is 1.61. The Balaban J connectivity index is 1.74. The van der Waals surface area contributed by atoms with E-state index in [2.05, 4.69) is 22.1 Å². The Labute approximate surface area is 141 Å². The van der Waals surface area contributed by atoms with E-state index in [1.54, 1.807) is 17.4 Å². The Morgan fingerprint density at radius 3 is 2.96 bits per heavy atom. The minimum Gasteiger partial charge on any atom is -0.476 e. The van der Waals surface area contributed by atoms with Gasteiger partial charge in [0.1, 0.15) is 6.20 Å². The van der Waals surface area contributed by atoms with Crippen LogP contribution in [0.2, 0.25) is 0 Å². The van der Waals surface area contributed by atoms with Crippen LogP contribution < -0.4 is 4.74 Å². The van der Waals surface area contributed by atoms with Crippen molar-refractivity contribution in [3.63, 3.8) is 0 Å². The smallest absolute Gasteiger partial charge is 0.406 e. The molecule has 0 atom stereocenters. The predicted molar refractivity (Wildman–Crippen MR) is 86.9 cm³/mol. The lowest BCUT2D eigenvalue weighted by atomic mass is 10.2. The Bertz CT molecular complexity index is 874. The summed E-state index contributed by atoms with van der Waals surface area (Å²) in [6.07, 6.45) is 2.28. The number of aromatic nitrogens is 3. The topological polar surface area (TPSA) is 104 Å². The van der Waals surface area contributed by atoms with Gasteiger partial charge in [0.25, 0.3) is 11.8 Å². The lowest BCUT2D eigenvalue weighted by Gasteiger charge is -2.02. The number of pyridine rings is 1. The van der Waals surface area contributed by atoms with Gasteiger partial charge in [-0.2, -0.15) is 0 Å². The molecule has 0 aliphatic carbocycles. The summed E-state index contributed by atoms with van der Waals surface area (Å²) in [6, 6.07) is 5.04. The molecule has 3 aromatic heterocycles. The van der Waals surface area contributed by atoms with Gasteiger partial charge >= 0.3 is 5.82 Å². The van der Waals surface area contributed by atoms with Crippen molar-refractivity contribution < 1.29 is 14.1 Å². The van der Waals surface area contributed by atoms with Crippen molar-refractivity contribution in [2.24, 2.45) is 0 Å². The van der Waals surface area contributed by atoms with E-state index < -0.39 is 4.92 Å². The van der Waals surface area contributed by atoms with Crippen molar-refractivity contribution in [3.8, 4) is 16.5 Å². The maximum Gasteiger partial charge on any atom is 0.406 e. The van der Waals surface area contributed by atoms with Crippen LogP contribution in [0.15, 0.2) is 28.8 Å². The van der Waals surface area contributed by atoms with Crippen molar-refractivity contribution in [1.29, 1.82) is 0 Å². The highest BCUT2D eigenvalue weighted by Gasteiger charge is 2.18. The molecule has 0 aliphatic rings. The number of thiophene rings is 1. The van der Waals surface area contributed by atoms with Crippen LogP contribution in [0.3, 0.4) is 0 Å². The maximum atomic E-state index is 10.9. The number of nitro groups is 1. The molecule has 0 N–H and O–H groups in total. The second kappa shape index (κ2) is 6.75. The molecular weight excluding hydrogens is 332 g/mol. The van der Waals surface area contributed by atoms with Gasteiger partial charge in [-0.25, -0.2) is 0 Å². The predicted octanol–water partition coefficient (Wildman–Crippen LogP) is 3.55. The van der Waals surface area contributed by atoms with E-state index in [9.17, 15) is 10.1 Å². The molecule has 0 amide bonds. The van der Waals surface area contributed by atoms with Gasteiger partial charge in [-0.1, -0.05) is 6.92 Å². The summed E-state index contributed by atoms with van der Waals surface area (Å²) in [5.41, 5.74) is 1.19. The third kappa shape index (κ3) is 3.25. The SMILES string of the molecule is CCc1sc(-c2nnc(COc3cccnc3[N+](=O)[O-])o2)cc1C. The molecule has 3 rings (SSSR count). The number of hydrogen-bond acceptors (Lipinski definition) is 8. The zero-order valence-electron chi connectivity index (χ0n) is 13.1. The molecule has 0 aromatic carbocycles. The van der Waals surface area contributed by atoms with Gasteiger partial charge in [0, 0.05) is 4.88 Å². The minimum absolute atomic E-state index is 0.0579. The summed E-state index contributed by atoms with van der Waals surface area (Å²) in [5.74, 6) is 0.371. The Morgan fingerprint density at radius 2 is 2.25 bits per heavy atom. The van der Waals surface area contributed by atoms with Crippen LogP contribution in [0.4, 0.5) is 5.82 Å². The van der Waals surface area contributed by atoms with Crippen LogP contribution in [-0.2, 0) is 13.0 Å². The molecule has 0 spiro atoms. The first-order valence-corrected chi connectivity index (χ1v) is 8.04. The lowest BCUT2D eigenvalue weighted by molar-refractivity contribution is -0.390. The third-order valence-electron chi connectivity index (χ3n) is 3.29. The molecule has 8 nitrogen and oxygen atoms in total. The molecule has 9 heteroatoms. The molecule has 0 unspecified atom stereocenters. The van der Waals surface area contributed by atoms with Crippen molar-refractivity contribution in [2.45, 2.75) is 26.9 Å². The van der Waals surface area contributed by atoms with E-state index in [0.29, 0.717) is 5.89 Å². The highest BCUT2D eigenvalue weighted by molar-refractivity contribution is 7.15. The van der Waals surface area contributed by atoms with E-state index in [-0.39, 0.29) is 24.1 Å². The molecule has 3 aromatic rings. The van der Waals surface area contributed by atoms with Gasteiger partial charge in [0.2, 0.25) is 5.75 Å². The van der Waals surface area contributed by atoms with Crippen LogP contribution in [0, 0.1) is 17.0 Å². The van der Waals surface area contributed by atoms with Gasteiger partial charge in [-0.15, -0.1) is 21.5 Å². The molecule has 0 saturated carbocycles. The maximum absolute atomic E-state index is 10.9. The normalized spacial score (nSPS) is 10.8. The summed E-state index contributed by atoms with van der Waals surface area (Å²) < 4.78 is 11.0. The fourth-order valence-corrected chi connectivity index (χ4v) is 3.19. The van der Waals surface area contributed by atoms with Crippen LogP contribution in [0.1, 0.15) is 23.3 Å². The van der Waals surface area contributed by atoms with Crippen molar-refractivity contribution in [1.82, 2.24) is 15.2 Å². The van der Waals surface area contributed by atoms with Crippen LogP contribution >= 0.6 is 11.3 Å². The Hall–Kier alpha value is -2.81. The van der Waals surface area contributed by atoms with Crippen molar-refractivity contribution in [2.75, 3.05) is 0 Å². The molecule has 0 radical (unpaired) electrons. The number of rotatable bonds is 6.